The van der Waals surface area contributed by atoms with Gasteiger partial charge in [-0.2, -0.15) is 0 Å². The Balaban J connectivity index is 2.11. The summed E-state index contributed by atoms with van der Waals surface area (Å²) in [6, 6.07) is 15.9. The maximum Gasteiger partial charge on any atom is 0.408 e. The van der Waals surface area contributed by atoms with Gasteiger partial charge in [-0.25, -0.2) is 9.59 Å². The van der Waals surface area contributed by atoms with Crippen molar-refractivity contribution in [3.05, 3.63) is 71.8 Å². The molecule has 2 N–H and O–H groups in total. The molecule has 0 aromatic heterocycles. The average molecular weight is 483 g/mol. The molecule has 0 unspecified atom stereocenters. The van der Waals surface area contributed by atoms with E-state index < -0.39 is 41.4 Å². The van der Waals surface area contributed by atoms with E-state index in [1.165, 1.54) is 0 Å². The standard InChI is InChI=1S/C27H34N2O6/c1-18(2)22(25(32)34-17-20-14-10-7-11-15-20)29-24(31)23(30)21(16-19-12-8-6-9-13-19)28-26(33)35-27(3,4)5/h6-15,18,21-22H,16-17H2,1-5H3,(H,28,33)(H,29,31)/t21-,22+/m1/s1. The van der Waals surface area contributed by atoms with Crippen molar-refractivity contribution in [2.24, 2.45) is 5.92 Å². The van der Waals surface area contributed by atoms with Crippen LogP contribution in [0.4, 0.5) is 4.79 Å². The first-order valence-corrected chi connectivity index (χ1v) is 11.5. The van der Waals surface area contributed by atoms with Crippen molar-refractivity contribution >= 4 is 23.8 Å². The highest BCUT2D eigenvalue weighted by Crippen LogP contribution is 2.11. The number of alkyl carbamates (subject to hydrolysis) is 1. The Kier molecular flexibility index (Phi) is 9.99. The number of hydrogen-bond acceptors (Lipinski definition) is 6. The number of carbonyl (C=O) groups excluding carboxylic acids is 4. The fourth-order valence-electron chi connectivity index (χ4n) is 3.20. The van der Waals surface area contributed by atoms with E-state index in [0.29, 0.717) is 0 Å². The summed E-state index contributed by atoms with van der Waals surface area (Å²) in [5.41, 5.74) is 0.769. The molecule has 188 valence electrons. The smallest absolute Gasteiger partial charge is 0.408 e. The molecule has 2 aromatic rings. The summed E-state index contributed by atoms with van der Waals surface area (Å²) < 4.78 is 10.6. The predicted molar refractivity (Wildman–Crippen MR) is 131 cm³/mol. The molecule has 2 rings (SSSR count). The maximum atomic E-state index is 13.1. The summed E-state index contributed by atoms with van der Waals surface area (Å²) in [5.74, 6) is -2.86. The van der Waals surface area contributed by atoms with Gasteiger partial charge in [-0.3, -0.25) is 9.59 Å². The molecule has 2 amide bonds. The van der Waals surface area contributed by atoms with Crippen molar-refractivity contribution in [1.29, 1.82) is 0 Å². The fourth-order valence-corrected chi connectivity index (χ4v) is 3.20. The van der Waals surface area contributed by atoms with Crippen molar-refractivity contribution < 1.29 is 28.7 Å². The number of Topliss-reactive ketones (excluding diaryl/α,β-unsaturated/α-hetero) is 1. The Hall–Kier alpha value is -3.68. The van der Waals surface area contributed by atoms with E-state index in [1.54, 1.807) is 58.9 Å². The van der Waals surface area contributed by atoms with Crippen LogP contribution in [0.5, 0.6) is 0 Å². The SMILES string of the molecule is CC(C)[C@H](NC(=O)C(=O)[C@@H](Cc1ccccc1)NC(=O)OC(C)(C)C)C(=O)OCc1ccccc1. The number of hydrogen-bond donors (Lipinski definition) is 2. The lowest BCUT2D eigenvalue weighted by molar-refractivity contribution is -0.151. The van der Waals surface area contributed by atoms with Gasteiger partial charge in [-0.1, -0.05) is 74.5 Å². The number of benzene rings is 2. The summed E-state index contributed by atoms with van der Waals surface area (Å²) in [6.07, 6.45) is -0.737. The highest BCUT2D eigenvalue weighted by atomic mass is 16.6. The minimum absolute atomic E-state index is 0.0452. The highest BCUT2D eigenvalue weighted by molar-refractivity contribution is 6.38. The van der Waals surface area contributed by atoms with Gasteiger partial charge in [-0.05, 0) is 37.8 Å². The number of rotatable bonds is 10. The van der Waals surface area contributed by atoms with Crippen LogP contribution in [0.1, 0.15) is 45.7 Å². The molecule has 0 aliphatic heterocycles. The number of ketones is 1. The van der Waals surface area contributed by atoms with E-state index in [9.17, 15) is 19.2 Å². The first-order valence-electron chi connectivity index (χ1n) is 11.5. The molecule has 0 fully saturated rings. The molecule has 8 heteroatoms. The molecule has 0 saturated carbocycles. The van der Waals surface area contributed by atoms with E-state index in [0.717, 1.165) is 11.1 Å². The van der Waals surface area contributed by atoms with E-state index in [1.807, 2.05) is 36.4 Å². The normalized spacial score (nSPS) is 12.9. The van der Waals surface area contributed by atoms with Crippen LogP contribution in [0.3, 0.4) is 0 Å². The molecular formula is C27H34N2O6. The van der Waals surface area contributed by atoms with E-state index in [4.69, 9.17) is 9.47 Å². The molecule has 0 bridgehead atoms. The largest absolute Gasteiger partial charge is 0.459 e. The van der Waals surface area contributed by atoms with Crippen molar-refractivity contribution in [2.45, 2.75) is 65.3 Å². The average Bonchev–Trinajstić information content (AvgIpc) is 2.79. The second-order valence-electron chi connectivity index (χ2n) is 9.54. The quantitative estimate of drug-likeness (QED) is 0.396. The molecule has 35 heavy (non-hydrogen) atoms. The summed E-state index contributed by atoms with van der Waals surface area (Å²) in [6.45, 7) is 8.60. The lowest BCUT2D eigenvalue weighted by Gasteiger charge is -2.24. The Bertz CT molecular complexity index is 999. The summed E-state index contributed by atoms with van der Waals surface area (Å²) in [7, 11) is 0. The lowest BCUT2D eigenvalue weighted by atomic mass is 10.0. The number of carbonyl (C=O) groups is 4. The van der Waals surface area contributed by atoms with Crippen LogP contribution in [0.2, 0.25) is 0 Å². The Morgan fingerprint density at radius 2 is 1.37 bits per heavy atom. The van der Waals surface area contributed by atoms with Gasteiger partial charge in [-0.15, -0.1) is 0 Å². The minimum Gasteiger partial charge on any atom is -0.459 e. The minimum atomic E-state index is -1.18. The van der Waals surface area contributed by atoms with Gasteiger partial charge in [0.1, 0.15) is 24.3 Å². The zero-order valence-electron chi connectivity index (χ0n) is 20.9. The molecule has 8 nitrogen and oxygen atoms in total. The summed E-state index contributed by atoms with van der Waals surface area (Å²) in [4.78, 5) is 51.0. The summed E-state index contributed by atoms with van der Waals surface area (Å²) >= 11 is 0. The number of nitrogens with one attached hydrogen (secondary N) is 2. The van der Waals surface area contributed by atoms with Crippen LogP contribution in [-0.4, -0.2) is 41.4 Å². The first kappa shape index (κ1) is 27.6. The van der Waals surface area contributed by atoms with Crippen LogP contribution >= 0.6 is 0 Å². The zero-order chi connectivity index (χ0) is 26.0. The molecule has 0 aliphatic carbocycles. The molecule has 2 atom stereocenters. The topological polar surface area (TPSA) is 111 Å². The van der Waals surface area contributed by atoms with Gasteiger partial charge in [0.25, 0.3) is 5.91 Å². The van der Waals surface area contributed by atoms with Crippen LogP contribution in [0, 0.1) is 5.92 Å². The van der Waals surface area contributed by atoms with E-state index >= 15 is 0 Å². The summed E-state index contributed by atoms with van der Waals surface area (Å²) in [5, 5.41) is 4.98. The van der Waals surface area contributed by atoms with Gasteiger partial charge < -0.3 is 20.1 Å². The number of ether oxygens (including phenoxy) is 2. The Labute approximate surface area is 206 Å². The number of amides is 2. The third-order valence-electron chi connectivity index (χ3n) is 4.95. The van der Waals surface area contributed by atoms with Gasteiger partial charge in [0.15, 0.2) is 0 Å². The third-order valence-corrected chi connectivity index (χ3v) is 4.95. The molecule has 0 spiro atoms. The van der Waals surface area contributed by atoms with E-state index in [2.05, 4.69) is 10.6 Å². The maximum absolute atomic E-state index is 13.1. The molecule has 2 aromatic carbocycles. The van der Waals surface area contributed by atoms with Gasteiger partial charge in [0.2, 0.25) is 5.78 Å². The lowest BCUT2D eigenvalue weighted by Crippen LogP contribution is -2.54. The molecule has 0 heterocycles. The number of esters is 1. The van der Waals surface area contributed by atoms with Crippen molar-refractivity contribution in [3.8, 4) is 0 Å². The molecule has 0 aliphatic rings. The van der Waals surface area contributed by atoms with Crippen LogP contribution in [0.25, 0.3) is 0 Å². The third kappa shape index (κ3) is 9.60. The predicted octanol–water partition coefficient (Wildman–Crippen LogP) is 3.58. The monoisotopic (exact) mass is 482 g/mol. The van der Waals surface area contributed by atoms with Crippen LogP contribution in [0.15, 0.2) is 60.7 Å². The molecular weight excluding hydrogens is 448 g/mol. The van der Waals surface area contributed by atoms with Crippen molar-refractivity contribution in [3.63, 3.8) is 0 Å². The van der Waals surface area contributed by atoms with Gasteiger partial charge in [0, 0.05) is 6.42 Å². The zero-order valence-corrected chi connectivity index (χ0v) is 20.9. The highest BCUT2D eigenvalue weighted by Gasteiger charge is 2.33. The van der Waals surface area contributed by atoms with Crippen LogP contribution in [-0.2, 0) is 36.9 Å². The van der Waals surface area contributed by atoms with Crippen molar-refractivity contribution in [2.75, 3.05) is 0 Å². The molecule has 0 radical (unpaired) electrons. The van der Waals surface area contributed by atoms with Crippen LogP contribution < -0.4 is 10.6 Å². The Morgan fingerprint density at radius 3 is 1.89 bits per heavy atom. The second-order valence-corrected chi connectivity index (χ2v) is 9.54. The van der Waals surface area contributed by atoms with Gasteiger partial charge >= 0.3 is 12.1 Å². The first-order chi connectivity index (χ1) is 16.5. The van der Waals surface area contributed by atoms with E-state index in [-0.39, 0.29) is 18.9 Å². The fraction of sp³-hybridized carbons (Fsp3) is 0.407. The molecule has 0 saturated heterocycles. The second kappa shape index (κ2) is 12.7. The Morgan fingerprint density at radius 1 is 0.829 bits per heavy atom. The van der Waals surface area contributed by atoms with Crippen molar-refractivity contribution in [1.82, 2.24) is 10.6 Å². The van der Waals surface area contributed by atoms with Gasteiger partial charge in [0.05, 0.1) is 0 Å².